The molecule has 0 saturated carbocycles. The molecule has 138 valence electrons. The largest absolute Gasteiger partial charge is 0.351 e. The first-order chi connectivity index (χ1) is 12.6. The Morgan fingerprint density at radius 1 is 1.31 bits per heavy atom. The summed E-state index contributed by atoms with van der Waals surface area (Å²) in [6, 6.07) is 7.50. The molecule has 1 saturated heterocycles. The van der Waals surface area contributed by atoms with Gasteiger partial charge < -0.3 is 10.2 Å². The van der Waals surface area contributed by atoms with Crippen molar-refractivity contribution in [2.45, 2.75) is 52.2 Å². The van der Waals surface area contributed by atoms with Crippen molar-refractivity contribution in [2.24, 2.45) is 0 Å². The maximum absolute atomic E-state index is 12.9. The van der Waals surface area contributed by atoms with Crippen molar-refractivity contribution in [3.8, 4) is 0 Å². The molecule has 0 spiro atoms. The van der Waals surface area contributed by atoms with Crippen molar-refractivity contribution in [2.75, 3.05) is 6.54 Å². The minimum absolute atomic E-state index is 0.0450. The summed E-state index contributed by atoms with van der Waals surface area (Å²) in [7, 11) is 0. The minimum atomic E-state index is -0.0856. The number of likely N-dealkylation sites (tertiary alicyclic amines) is 1. The predicted octanol–water partition coefficient (Wildman–Crippen LogP) is 2.30. The topological polar surface area (TPSA) is 80.1 Å². The fourth-order valence-electron chi connectivity index (χ4n) is 3.29. The molecule has 3 heterocycles. The molecule has 2 aromatic heterocycles. The van der Waals surface area contributed by atoms with Gasteiger partial charge in [-0.3, -0.25) is 19.3 Å². The first-order valence-corrected chi connectivity index (χ1v) is 9.13. The number of amides is 2. The smallest absolute Gasteiger partial charge is 0.274 e. The third-order valence-corrected chi connectivity index (χ3v) is 4.51. The Morgan fingerprint density at radius 3 is 2.92 bits per heavy atom. The monoisotopic (exact) mass is 355 g/mol. The molecule has 2 aromatic rings. The zero-order valence-corrected chi connectivity index (χ0v) is 15.3. The Morgan fingerprint density at radius 2 is 2.15 bits per heavy atom. The predicted molar refractivity (Wildman–Crippen MR) is 97.3 cm³/mol. The van der Waals surface area contributed by atoms with Crippen molar-refractivity contribution in [1.82, 2.24) is 25.0 Å². The summed E-state index contributed by atoms with van der Waals surface area (Å²) < 4.78 is 1.81. The Labute approximate surface area is 153 Å². The molecular weight excluding hydrogens is 330 g/mol. The van der Waals surface area contributed by atoms with Crippen LogP contribution in [0.15, 0.2) is 30.5 Å². The number of hydrogen-bond acceptors (Lipinski definition) is 4. The van der Waals surface area contributed by atoms with Crippen LogP contribution in [-0.4, -0.2) is 38.0 Å². The van der Waals surface area contributed by atoms with Crippen LogP contribution in [0.3, 0.4) is 0 Å². The number of hydrogen-bond donors (Lipinski definition) is 1. The third kappa shape index (κ3) is 4.09. The molecule has 1 fully saturated rings. The standard InChI is InChI=1S/C19H25N5O2/c1-3-10-23-12-9-17(22-23)19(26)24-11-5-8-18(24)16-7-4-6-15(21-16)13-20-14(2)25/h4,6-7,9,12,18H,3,5,8,10-11,13H2,1-2H3,(H,20,25)/t18-/m0/s1. The number of aromatic nitrogens is 3. The highest BCUT2D eigenvalue weighted by molar-refractivity contribution is 5.92. The van der Waals surface area contributed by atoms with Crippen molar-refractivity contribution >= 4 is 11.8 Å². The van der Waals surface area contributed by atoms with Gasteiger partial charge in [-0.15, -0.1) is 0 Å². The highest BCUT2D eigenvalue weighted by atomic mass is 16.2. The van der Waals surface area contributed by atoms with Gasteiger partial charge in [0.05, 0.1) is 24.0 Å². The first-order valence-electron chi connectivity index (χ1n) is 9.13. The van der Waals surface area contributed by atoms with Gasteiger partial charge >= 0.3 is 0 Å². The molecule has 0 unspecified atom stereocenters. The van der Waals surface area contributed by atoms with Crippen LogP contribution in [0.1, 0.15) is 61.0 Å². The van der Waals surface area contributed by atoms with Gasteiger partial charge in [-0.1, -0.05) is 13.0 Å². The van der Waals surface area contributed by atoms with E-state index < -0.39 is 0 Å². The second-order valence-corrected chi connectivity index (χ2v) is 6.58. The molecule has 1 atom stereocenters. The molecule has 0 aromatic carbocycles. The van der Waals surface area contributed by atoms with Gasteiger partial charge in [0.15, 0.2) is 0 Å². The number of nitrogens with one attached hydrogen (secondary N) is 1. The second-order valence-electron chi connectivity index (χ2n) is 6.58. The van der Waals surface area contributed by atoms with E-state index in [-0.39, 0.29) is 17.9 Å². The minimum Gasteiger partial charge on any atom is -0.351 e. The van der Waals surface area contributed by atoms with Crippen LogP contribution in [0.5, 0.6) is 0 Å². The van der Waals surface area contributed by atoms with Gasteiger partial charge in [-0.2, -0.15) is 5.10 Å². The summed E-state index contributed by atoms with van der Waals surface area (Å²) in [5.41, 5.74) is 2.15. The van der Waals surface area contributed by atoms with E-state index in [1.54, 1.807) is 6.07 Å². The summed E-state index contributed by atoms with van der Waals surface area (Å²) in [4.78, 5) is 30.5. The van der Waals surface area contributed by atoms with Crippen LogP contribution in [-0.2, 0) is 17.9 Å². The molecule has 0 radical (unpaired) electrons. The van der Waals surface area contributed by atoms with E-state index in [4.69, 9.17) is 0 Å². The van der Waals surface area contributed by atoms with Crippen LogP contribution in [0.4, 0.5) is 0 Å². The molecule has 0 aliphatic carbocycles. The Bertz CT molecular complexity index is 786. The van der Waals surface area contributed by atoms with E-state index in [9.17, 15) is 9.59 Å². The molecule has 7 nitrogen and oxygen atoms in total. The Kier molecular flexibility index (Phi) is 5.65. The van der Waals surface area contributed by atoms with Crippen LogP contribution >= 0.6 is 0 Å². The second kappa shape index (κ2) is 8.12. The number of pyridine rings is 1. The fourth-order valence-corrected chi connectivity index (χ4v) is 3.29. The Hall–Kier alpha value is -2.70. The first kappa shape index (κ1) is 18.1. The van der Waals surface area contributed by atoms with Crippen molar-refractivity contribution in [3.63, 3.8) is 0 Å². The lowest BCUT2D eigenvalue weighted by Gasteiger charge is -2.24. The van der Waals surface area contributed by atoms with E-state index >= 15 is 0 Å². The maximum Gasteiger partial charge on any atom is 0.274 e. The molecule has 2 amide bonds. The van der Waals surface area contributed by atoms with Crippen LogP contribution < -0.4 is 5.32 Å². The zero-order chi connectivity index (χ0) is 18.5. The van der Waals surface area contributed by atoms with Crippen molar-refractivity contribution < 1.29 is 9.59 Å². The normalized spacial score (nSPS) is 16.7. The summed E-state index contributed by atoms with van der Waals surface area (Å²) >= 11 is 0. The summed E-state index contributed by atoms with van der Waals surface area (Å²) in [5.74, 6) is -0.131. The van der Waals surface area contributed by atoms with E-state index in [1.165, 1.54) is 6.92 Å². The third-order valence-electron chi connectivity index (χ3n) is 4.51. The average molecular weight is 355 g/mol. The number of rotatable bonds is 6. The molecule has 3 rings (SSSR count). The van der Waals surface area contributed by atoms with Gasteiger partial charge in [-0.25, -0.2) is 0 Å². The van der Waals surface area contributed by atoms with Crippen LogP contribution in [0.25, 0.3) is 0 Å². The van der Waals surface area contributed by atoms with E-state index in [0.717, 1.165) is 37.2 Å². The highest BCUT2D eigenvalue weighted by Gasteiger charge is 2.32. The number of carbonyl (C=O) groups excluding carboxylic acids is 2. The van der Waals surface area contributed by atoms with Gasteiger partial charge in [0, 0.05) is 26.2 Å². The lowest BCUT2D eigenvalue weighted by atomic mass is 10.1. The maximum atomic E-state index is 12.9. The quantitative estimate of drug-likeness (QED) is 0.862. The molecule has 1 aliphatic heterocycles. The number of nitrogens with zero attached hydrogens (tertiary/aromatic N) is 4. The van der Waals surface area contributed by atoms with E-state index in [0.29, 0.717) is 18.8 Å². The average Bonchev–Trinajstić information content (AvgIpc) is 3.29. The van der Waals surface area contributed by atoms with Crippen LogP contribution in [0.2, 0.25) is 0 Å². The molecule has 0 bridgehead atoms. The van der Waals surface area contributed by atoms with Gasteiger partial charge in [0.2, 0.25) is 5.91 Å². The molecular formula is C19H25N5O2. The van der Waals surface area contributed by atoms with E-state index in [2.05, 4.69) is 22.3 Å². The summed E-state index contributed by atoms with van der Waals surface area (Å²) in [6.45, 7) is 5.48. The molecule has 7 heteroatoms. The number of aryl methyl sites for hydroxylation is 1. The Balaban J connectivity index is 1.76. The highest BCUT2D eigenvalue weighted by Crippen LogP contribution is 2.32. The fraction of sp³-hybridized carbons (Fsp3) is 0.474. The summed E-state index contributed by atoms with van der Waals surface area (Å²) in [5, 5.41) is 7.16. The zero-order valence-electron chi connectivity index (χ0n) is 15.3. The lowest BCUT2D eigenvalue weighted by Crippen LogP contribution is -2.31. The van der Waals surface area contributed by atoms with Crippen LogP contribution in [0, 0.1) is 0 Å². The summed E-state index contributed by atoms with van der Waals surface area (Å²) in [6.07, 6.45) is 4.67. The molecule has 26 heavy (non-hydrogen) atoms. The lowest BCUT2D eigenvalue weighted by molar-refractivity contribution is -0.119. The van der Waals surface area contributed by atoms with Crippen molar-refractivity contribution in [3.05, 3.63) is 47.5 Å². The SMILES string of the molecule is CCCn1ccc(C(=O)N2CCC[C@H]2c2cccc(CNC(C)=O)n2)n1. The number of carbonyl (C=O) groups is 2. The van der Waals surface area contributed by atoms with Crippen molar-refractivity contribution in [1.29, 1.82) is 0 Å². The van der Waals surface area contributed by atoms with Gasteiger partial charge in [0.25, 0.3) is 5.91 Å². The molecule has 1 aliphatic rings. The van der Waals surface area contributed by atoms with Gasteiger partial charge in [0.1, 0.15) is 5.69 Å². The van der Waals surface area contributed by atoms with Gasteiger partial charge in [-0.05, 0) is 37.5 Å². The van der Waals surface area contributed by atoms with E-state index in [1.807, 2.05) is 34.0 Å². The molecule has 1 N–H and O–H groups in total.